The molecule has 1 aliphatic rings. The first kappa shape index (κ1) is 13.8. The van der Waals surface area contributed by atoms with Crippen LogP contribution in [0.25, 0.3) is 0 Å². The summed E-state index contributed by atoms with van der Waals surface area (Å²) in [6.07, 6.45) is 8.35. The van der Waals surface area contributed by atoms with Gasteiger partial charge in [0.2, 0.25) is 0 Å². The van der Waals surface area contributed by atoms with E-state index in [1.54, 1.807) is 11.3 Å². The van der Waals surface area contributed by atoms with Gasteiger partial charge in [-0.05, 0) is 56.8 Å². The minimum absolute atomic E-state index is 0.314. The van der Waals surface area contributed by atoms with Crippen LogP contribution in [-0.2, 0) is 0 Å². The van der Waals surface area contributed by atoms with E-state index in [4.69, 9.17) is 0 Å². The fourth-order valence-electron chi connectivity index (χ4n) is 2.55. The smallest absolute Gasteiger partial charge is 0.163 e. The quantitative estimate of drug-likeness (QED) is 0.549. The SMILES string of the molecule is O=C(CCCCCN1CCCCC1)c1ccsc1. The van der Waals surface area contributed by atoms with E-state index < -0.39 is 0 Å². The Morgan fingerprint density at radius 3 is 2.72 bits per heavy atom. The first-order chi connectivity index (χ1) is 8.86. The Morgan fingerprint density at radius 1 is 1.17 bits per heavy atom. The molecule has 1 saturated heterocycles. The first-order valence-corrected chi connectivity index (χ1v) is 8.08. The lowest BCUT2D eigenvalue weighted by atomic mass is 10.1. The molecule has 2 rings (SSSR count). The second-order valence-electron chi connectivity index (χ2n) is 5.15. The largest absolute Gasteiger partial charge is 0.303 e. The molecule has 0 unspecified atom stereocenters. The van der Waals surface area contributed by atoms with Crippen LogP contribution >= 0.6 is 11.3 Å². The number of rotatable bonds is 7. The maximum absolute atomic E-state index is 11.8. The zero-order chi connectivity index (χ0) is 12.6. The minimum Gasteiger partial charge on any atom is -0.303 e. The number of carbonyl (C=O) groups excluding carboxylic acids is 1. The van der Waals surface area contributed by atoms with Gasteiger partial charge in [0.25, 0.3) is 0 Å². The summed E-state index contributed by atoms with van der Waals surface area (Å²) in [5, 5.41) is 3.93. The van der Waals surface area contributed by atoms with Crippen LogP contribution in [-0.4, -0.2) is 30.3 Å². The number of thiophene rings is 1. The molecule has 1 aromatic rings. The molecule has 0 spiro atoms. The molecule has 100 valence electrons. The third-order valence-corrected chi connectivity index (χ3v) is 4.35. The van der Waals surface area contributed by atoms with Gasteiger partial charge in [-0.2, -0.15) is 11.3 Å². The Balaban J connectivity index is 1.52. The molecule has 2 nitrogen and oxygen atoms in total. The lowest BCUT2D eigenvalue weighted by Crippen LogP contribution is -2.30. The number of carbonyl (C=O) groups is 1. The number of Topliss-reactive ketones (excluding diaryl/α,β-unsaturated/α-hetero) is 1. The van der Waals surface area contributed by atoms with Crippen LogP contribution < -0.4 is 0 Å². The number of likely N-dealkylation sites (tertiary alicyclic amines) is 1. The molecule has 1 aromatic heterocycles. The maximum Gasteiger partial charge on any atom is 0.163 e. The molecule has 0 radical (unpaired) electrons. The first-order valence-electron chi connectivity index (χ1n) is 7.14. The zero-order valence-corrected chi connectivity index (χ0v) is 11.9. The lowest BCUT2D eigenvalue weighted by molar-refractivity contribution is 0.0979. The number of hydrogen-bond acceptors (Lipinski definition) is 3. The van der Waals surface area contributed by atoms with Crippen molar-refractivity contribution in [3.63, 3.8) is 0 Å². The molecule has 0 atom stereocenters. The molecule has 0 saturated carbocycles. The van der Waals surface area contributed by atoms with Gasteiger partial charge in [0, 0.05) is 17.4 Å². The average Bonchev–Trinajstić information content (AvgIpc) is 2.93. The van der Waals surface area contributed by atoms with Gasteiger partial charge in [-0.1, -0.05) is 12.8 Å². The van der Waals surface area contributed by atoms with Crippen LogP contribution in [0.15, 0.2) is 16.8 Å². The Labute approximate surface area is 114 Å². The molecular formula is C15H23NOS. The van der Waals surface area contributed by atoms with Crippen LogP contribution in [0.2, 0.25) is 0 Å². The Morgan fingerprint density at radius 2 is 2.00 bits per heavy atom. The molecule has 0 amide bonds. The number of piperidine rings is 1. The summed E-state index contributed by atoms with van der Waals surface area (Å²) >= 11 is 1.60. The normalized spacial score (nSPS) is 16.9. The molecule has 0 aromatic carbocycles. The monoisotopic (exact) mass is 265 g/mol. The van der Waals surface area contributed by atoms with Crippen molar-refractivity contribution in [3.05, 3.63) is 22.4 Å². The van der Waals surface area contributed by atoms with Crippen molar-refractivity contribution in [1.82, 2.24) is 4.90 Å². The second kappa shape index (κ2) is 7.70. The van der Waals surface area contributed by atoms with E-state index in [1.807, 2.05) is 16.8 Å². The van der Waals surface area contributed by atoms with E-state index >= 15 is 0 Å². The second-order valence-corrected chi connectivity index (χ2v) is 5.93. The van der Waals surface area contributed by atoms with E-state index in [0.29, 0.717) is 5.78 Å². The summed E-state index contributed by atoms with van der Waals surface area (Å²) in [4.78, 5) is 14.3. The lowest BCUT2D eigenvalue weighted by Gasteiger charge is -2.26. The average molecular weight is 265 g/mol. The Bertz CT molecular complexity index is 341. The van der Waals surface area contributed by atoms with Crippen molar-refractivity contribution in [2.24, 2.45) is 0 Å². The molecule has 3 heteroatoms. The molecule has 1 aliphatic heterocycles. The van der Waals surface area contributed by atoms with Crippen LogP contribution in [0.4, 0.5) is 0 Å². The van der Waals surface area contributed by atoms with Crippen LogP contribution in [0.3, 0.4) is 0 Å². The minimum atomic E-state index is 0.314. The topological polar surface area (TPSA) is 20.3 Å². The molecule has 1 fully saturated rings. The van der Waals surface area contributed by atoms with E-state index in [0.717, 1.165) is 18.4 Å². The summed E-state index contributed by atoms with van der Waals surface area (Å²) < 4.78 is 0. The third-order valence-electron chi connectivity index (χ3n) is 3.67. The van der Waals surface area contributed by atoms with Gasteiger partial charge in [-0.25, -0.2) is 0 Å². The van der Waals surface area contributed by atoms with Gasteiger partial charge in [0.15, 0.2) is 5.78 Å². The number of ketones is 1. The predicted octanol–water partition coefficient (Wildman–Crippen LogP) is 3.98. The molecule has 0 aliphatic carbocycles. The van der Waals surface area contributed by atoms with Gasteiger partial charge in [-0.3, -0.25) is 4.79 Å². The molecule has 0 N–H and O–H groups in total. The highest BCUT2D eigenvalue weighted by atomic mass is 32.1. The van der Waals surface area contributed by atoms with Crippen molar-refractivity contribution in [2.45, 2.75) is 44.9 Å². The number of unbranched alkanes of at least 4 members (excludes halogenated alkanes) is 2. The van der Waals surface area contributed by atoms with E-state index in [-0.39, 0.29) is 0 Å². The summed E-state index contributed by atoms with van der Waals surface area (Å²) in [6.45, 7) is 3.80. The maximum atomic E-state index is 11.8. The van der Waals surface area contributed by atoms with E-state index in [9.17, 15) is 4.79 Å². The zero-order valence-electron chi connectivity index (χ0n) is 11.1. The fraction of sp³-hybridized carbons (Fsp3) is 0.667. The predicted molar refractivity (Wildman–Crippen MR) is 77.4 cm³/mol. The van der Waals surface area contributed by atoms with Crippen molar-refractivity contribution < 1.29 is 4.79 Å². The van der Waals surface area contributed by atoms with Crippen LogP contribution in [0, 0.1) is 0 Å². The van der Waals surface area contributed by atoms with Gasteiger partial charge in [0.1, 0.15) is 0 Å². The van der Waals surface area contributed by atoms with Crippen LogP contribution in [0.5, 0.6) is 0 Å². The van der Waals surface area contributed by atoms with Crippen molar-refractivity contribution in [3.8, 4) is 0 Å². The fourth-order valence-corrected chi connectivity index (χ4v) is 3.21. The highest BCUT2D eigenvalue weighted by Crippen LogP contribution is 2.13. The Kier molecular flexibility index (Phi) is 5.88. The van der Waals surface area contributed by atoms with Gasteiger partial charge < -0.3 is 4.90 Å². The number of nitrogens with zero attached hydrogens (tertiary/aromatic N) is 1. The van der Waals surface area contributed by atoms with Gasteiger partial charge >= 0.3 is 0 Å². The van der Waals surface area contributed by atoms with Crippen molar-refractivity contribution in [1.29, 1.82) is 0 Å². The Hall–Kier alpha value is -0.670. The summed E-state index contributed by atoms with van der Waals surface area (Å²) in [5.41, 5.74) is 0.899. The number of hydrogen-bond donors (Lipinski definition) is 0. The standard InChI is InChI=1S/C15H23NOS/c17-15(14-8-12-18-13-14)7-3-1-4-9-16-10-5-2-6-11-16/h8,12-13H,1-7,9-11H2. The molecule has 18 heavy (non-hydrogen) atoms. The summed E-state index contributed by atoms with van der Waals surface area (Å²) in [5.74, 6) is 0.314. The third kappa shape index (κ3) is 4.54. The van der Waals surface area contributed by atoms with Gasteiger partial charge in [0.05, 0.1) is 0 Å². The summed E-state index contributed by atoms with van der Waals surface area (Å²) in [7, 11) is 0. The highest BCUT2D eigenvalue weighted by molar-refractivity contribution is 7.08. The van der Waals surface area contributed by atoms with E-state index in [2.05, 4.69) is 4.90 Å². The molecule has 2 heterocycles. The highest BCUT2D eigenvalue weighted by Gasteiger charge is 2.09. The van der Waals surface area contributed by atoms with Crippen molar-refractivity contribution in [2.75, 3.05) is 19.6 Å². The van der Waals surface area contributed by atoms with Gasteiger partial charge in [-0.15, -0.1) is 0 Å². The van der Waals surface area contributed by atoms with Crippen molar-refractivity contribution >= 4 is 17.1 Å². The van der Waals surface area contributed by atoms with E-state index in [1.165, 1.54) is 51.7 Å². The molecule has 0 bridgehead atoms. The molecular weight excluding hydrogens is 242 g/mol. The summed E-state index contributed by atoms with van der Waals surface area (Å²) in [6, 6.07) is 1.93. The van der Waals surface area contributed by atoms with Crippen LogP contribution in [0.1, 0.15) is 55.3 Å².